The normalized spacial score (nSPS) is 22.5. The molecule has 0 radical (unpaired) electrons. The molecule has 1 fully saturated rings. The molecule has 0 aliphatic carbocycles. The maximum atomic E-state index is 12.2. The fourth-order valence-electron chi connectivity index (χ4n) is 2.62. The van der Waals surface area contributed by atoms with Crippen LogP contribution in [0.5, 0.6) is 0 Å². The number of nitrogens with zero attached hydrogens (tertiary/aromatic N) is 1. The Morgan fingerprint density at radius 1 is 1.45 bits per heavy atom. The van der Waals surface area contributed by atoms with E-state index in [-0.39, 0.29) is 24.7 Å². The minimum atomic E-state index is -4.16. The lowest BCUT2D eigenvalue weighted by atomic mass is 9.95. The average Bonchev–Trinajstić information content (AvgIpc) is 2.50. The Morgan fingerprint density at radius 2 is 2.10 bits per heavy atom. The molecular weight excluding hydrogens is 273 g/mol. The summed E-state index contributed by atoms with van der Waals surface area (Å²) in [5.74, 6) is -0.879. The summed E-state index contributed by atoms with van der Waals surface area (Å²) in [5, 5.41) is 0. The van der Waals surface area contributed by atoms with Crippen molar-refractivity contribution < 1.29 is 22.8 Å². The highest BCUT2D eigenvalue weighted by Crippen LogP contribution is 2.29. The summed E-state index contributed by atoms with van der Waals surface area (Å²) in [6.07, 6.45) is -3.39. The van der Waals surface area contributed by atoms with Gasteiger partial charge in [-0.25, -0.2) is 0 Å². The first-order valence-corrected chi connectivity index (χ1v) is 6.90. The van der Waals surface area contributed by atoms with Crippen molar-refractivity contribution in [2.45, 2.75) is 57.7 Å². The second kappa shape index (κ2) is 6.95. The van der Waals surface area contributed by atoms with Crippen LogP contribution in [-0.2, 0) is 9.59 Å². The second-order valence-electron chi connectivity index (χ2n) is 5.26. The van der Waals surface area contributed by atoms with Gasteiger partial charge in [-0.15, -0.1) is 0 Å². The molecule has 2 atom stereocenters. The predicted molar refractivity (Wildman–Crippen MR) is 67.6 cm³/mol. The molecule has 2 amide bonds. The number of halogens is 3. The molecule has 4 nitrogen and oxygen atoms in total. The van der Waals surface area contributed by atoms with Crippen LogP contribution < -0.4 is 5.73 Å². The Hall–Kier alpha value is -1.27. The molecule has 0 saturated carbocycles. The number of alkyl halides is 3. The van der Waals surface area contributed by atoms with Crippen molar-refractivity contribution in [3.8, 4) is 0 Å². The van der Waals surface area contributed by atoms with E-state index in [1.54, 1.807) is 6.92 Å². The Bertz CT molecular complexity index is 358. The van der Waals surface area contributed by atoms with Gasteiger partial charge in [0.15, 0.2) is 0 Å². The number of carbonyl (C=O) groups is 2. The van der Waals surface area contributed by atoms with Crippen LogP contribution in [0.2, 0.25) is 0 Å². The third kappa shape index (κ3) is 5.02. The van der Waals surface area contributed by atoms with E-state index in [1.807, 2.05) is 0 Å². The summed E-state index contributed by atoms with van der Waals surface area (Å²) in [6.45, 7) is 2.07. The highest BCUT2D eigenvalue weighted by molar-refractivity contribution is 5.86. The summed E-state index contributed by atoms with van der Waals surface area (Å²) in [4.78, 5) is 24.7. The van der Waals surface area contributed by atoms with Crippen molar-refractivity contribution in [1.82, 2.24) is 4.90 Å². The molecule has 0 aromatic carbocycles. The molecule has 1 heterocycles. The van der Waals surface area contributed by atoms with Crippen LogP contribution in [0, 0.1) is 5.92 Å². The van der Waals surface area contributed by atoms with Crippen molar-refractivity contribution in [2.75, 3.05) is 6.54 Å². The summed E-state index contributed by atoms with van der Waals surface area (Å²) in [5.41, 5.74) is 5.26. The van der Waals surface area contributed by atoms with E-state index in [1.165, 1.54) is 4.90 Å². The SMILES string of the molecule is CCC(C(N)=O)N1CCC(CCC(F)(F)F)CCC1=O. The second-order valence-corrected chi connectivity index (χ2v) is 5.26. The summed E-state index contributed by atoms with van der Waals surface area (Å²) in [6, 6.07) is -0.649. The Kier molecular flexibility index (Phi) is 5.83. The smallest absolute Gasteiger partial charge is 0.368 e. The topological polar surface area (TPSA) is 63.4 Å². The lowest BCUT2D eigenvalue weighted by Gasteiger charge is -2.27. The molecule has 2 N–H and O–H groups in total. The van der Waals surface area contributed by atoms with E-state index in [0.29, 0.717) is 25.8 Å². The molecule has 0 spiro atoms. The predicted octanol–water partition coefficient (Wildman–Crippen LogP) is 2.22. The third-order valence-corrected chi connectivity index (χ3v) is 3.79. The van der Waals surface area contributed by atoms with Gasteiger partial charge in [0.05, 0.1) is 0 Å². The van der Waals surface area contributed by atoms with Crippen molar-refractivity contribution >= 4 is 11.8 Å². The Labute approximate surface area is 116 Å². The van der Waals surface area contributed by atoms with Crippen LogP contribution >= 0.6 is 0 Å². The van der Waals surface area contributed by atoms with Crippen molar-refractivity contribution in [1.29, 1.82) is 0 Å². The summed E-state index contributed by atoms with van der Waals surface area (Å²) in [7, 11) is 0. The number of rotatable bonds is 5. The molecule has 1 rings (SSSR count). The van der Waals surface area contributed by atoms with Gasteiger partial charge in [0.1, 0.15) is 6.04 Å². The van der Waals surface area contributed by atoms with E-state index in [2.05, 4.69) is 0 Å². The van der Waals surface area contributed by atoms with Crippen molar-refractivity contribution in [2.24, 2.45) is 11.7 Å². The molecule has 7 heteroatoms. The molecule has 0 aromatic rings. The minimum absolute atomic E-state index is 0.0397. The molecule has 20 heavy (non-hydrogen) atoms. The van der Waals surface area contributed by atoms with Gasteiger partial charge in [0, 0.05) is 19.4 Å². The first kappa shape index (κ1) is 16.8. The van der Waals surface area contributed by atoms with Gasteiger partial charge in [0.25, 0.3) is 0 Å². The van der Waals surface area contributed by atoms with Gasteiger partial charge in [-0.05, 0) is 31.6 Å². The lowest BCUT2D eigenvalue weighted by molar-refractivity contribution is -0.139. The number of likely N-dealkylation sites (tertiary alicyclic amines) is 1. The molecular formula is C13H21F3N2O2. The van der Waals surface area contributed by atoms with Gasteiger partial charge < -0.3 is 10.6 Å². The largest absolute Gasteiger partial charge is 0.389 e. The lowest BCUT2D eigenvalue weighted by Crippen LogP contribution is -2.47. The van der Waals surface area contributed by atoms with Crippen LogP contribution in [-0.4, -0.2) is 35.5 Å². The Balaban J connectivity index is 2.60. The van der Waals surface area contributed by atoms with E-state index >= 15 is 0 Å². The Morgan fingerprint density at radius 3 is 2.60 bits per heavy atom. The fourth-order valence-corrected chi connectivity index (χ4v) is 2.62. The zero-order valence-electron chi connectivity index (χ0n) is 11.6. The van der Waals surface area contributed by atoms with E-state index in [0.717, 1.165) is 0 Å². The summed E-state index contributed by atoms with van der Waals surface area (Å²) < 4.78 is 36.6. The molecule has 1 aliphatic heterocycles. The van der Waals surface area contributed by atoms with Gasteiger partial charge in [-0.2, -0.15) is 13.2 Å². The minimum Gasteiger partial charge on any atom is -0.368 e. The standard InChI is InChI=1S/C13H21F3N2O2/c1-2-10(12(17)20)18-8-6-9(3-4-11(18)19)5-7-13(14,15)16/h9-10H,2-8H2,1H3,(H2,17,20). The molecule has 2 unspecified atom stereocenters. The number of nitrogens with two attached hydrogens (primary N) is 1. The number of hydrogen-bond donors (Lipinski definition) is 1. The number of hydrogen-bond acceptors (Lipinski definition) is 2. The number of primary amides is 1. The van der Waals surface area contributed by atoms with Crippen molar-refractivity contribution in [3.63, 3.8) is 0 Å². The molecule has 1 saturated heterocycles. The maximum Gasteiger partial charge on any atom is 0.389 e. The molecule has 116 valence electrons. The highest BCUT2D eigenvalue weighted by atomic mass is 19.4. The molecule has 0 aromatic heterocycles. The van der Waals surface area contributed by atoms with E-state index in [4.69, 9.17) is 5.73 Å². The summed E-state index contributed by atoms with van der Waals surface area (Å²) >= 11 is 0. The van der Waals surface area contributed by atoms with Crippen LogP contribution in [0.4, 0.5) is 13.2 Å². The van der Waals surface area contributed by atoms with E-state index in [9.17, 15) is 22.8 Å². The first-order chi connectivity index (χ1) is 9.24. The van der Waals surface area contributed by atoms with Gasteiger partial charge in [0.2, 0.25) is 11.8 Å². The first-order valence-electron chi connectivity index (χ1n) is 6.90. The van der Waals surface area contributed by atoms with Gasteiger partial charge in [-0.1, -0.05) is 6.92 Å². The van der Waals surface area contributed by atoms with Crippen LogP contribution in [0.25, 0.3) is 0 Å². The van der Waals surface area contributed by atoms with Crippen LogP contribution in [0.3, 0.4) is 0 Å². The van der Waals surface area contributed by atoms with Crippen LogP contribution in [0.1, 0.15) is 45.4 Å². The quantitative estimate of drug-likeness (QED) is 0.845. The average molecular weight is 294 g/mol. The third-order valence-electron chi connectivity index (χ3n) is 3.79. The zero-order valence-corrected chi connectivity index (χ0v) is 11.6. The monoisotopic (exact) mass is 294 g/mol. The fraction of sp³-hybridized carbons (Fsp3) is 0.846. The number of amides is 2. The van der Waals surface area contributed by atoms with Crippen molar-refractivity contribution in [3.05, 3.63) is 0 Å². The number of carbonyl (C=O) groups excluding carboxylic acids is 2. The highest BCUT2D eigenvalue weighted by Gasteiger charge is 2.32. The molecule has 1 aliphatic rings. The van der Waals surface area contributed by atoms with Gasteiger partial charge >= 0.3 is 6.18 Å². The van der Waals surface area contributed by atoms with E-state index < -0.39 is 24.5 Å². The zero-order chi connectivity index (χ0) is 15.3. The molecule has 0 bridgehead atoms. The van der Waals surface area contributed by atoms with Crippen LogP contribution in [0.15, 0.2) is 0 Å². The van der Waals surface area contributed by atoms with Gasteiger partial charge in [-0.3, -0.25) is 9.59 Å². The maximum absolute atomic E-state index is 12.2.